The monoisotopic (exact) mass is 402 g/mol. The lowest BCUT2D eigenvalue weighted by Gasteiger charge is -2.16. The summed E-state index contributed by atoms with van der Waals surface area (Å²) in [4.78, 5) is 12.6. The Hall–Kier alpha value is -2.64. The highest BCUT2D eigenvalue weighted by Gasteiger charge is 2.14. The molecule has 0 atom stereocenters. The van der Waals surface area contributed by atoms with Crippen LogP contribution in [0.2, 0.25) is 0 Å². The molecule has 1 amide bonds. The summed E-state index contributed by atoms with van der Waals surface area (Å²) in [5, 5.41) is 5.88. The number of carbonyl (C=O) groups is 1. The van der Waals surface area contributed by atoms with Gasteiger partial charge in [0.25, 0.3) is 5.91 Å². The first kappa shape index (κ1) is 21.7. The van der Waals surface area contributed by atoms with Gasteiger partial charge in [-0.05, 0) is 42.4 Å². The summed E-state index contributed by atoms with van der Waals surface area (Å²) >= 11 is 5.30. The number of amides is 1. The molecule has 2 N–H and O–H groups in total. The average molecular weight is 403 g/mol. The van der Waals surface area contributed by atoms with Crippen LogP contribution in [-0.2, 0) is 4.74 Å². The Bertz CT molecular complexity index is 795. The van der Waals surface area contributed by atoms with E-state index in [1.165, 1.54) is 0 Å². The molecule has 7 heteroatoms. The first-order valence-electron chi connectivity index (χ1n) is 9.06. The van der Waals surface area contributed by atoms with Gasteiger partial charge in [0.05, 0.1) is 24.5 Å². The predicted molar refractivity (Wildman–Crippen MR) is 114 cm³/mol. The van der Waals surface area contributed by atoms with Crippen LogP contribution in [0.5, 0.6) is 11.5 Å². The lowest BCUT2D eigenvalue weighted by Crippen LogP contribution is -2.34. The molecule has 0 aliphatic rings. The van der Waals surface area contributed by atoms with Crippen molar-refractivity contribution in [2.45, 2.75) is 13.8 Å². The van der Waals surface area contributed by atoms with E-state index in [0.717, 1.165) is 0 Å². The van der Waals surface area contributed by atoms with Crippen LogP contribution in [0.1, 0.15) is 24.2 Å². The molecule has 2 aromatic carbocycles. The van der Waals surface area contributed by atoms with Gasteiger partial charge in [0.2, 0.25) is 0 Å². The molecular weight excluding hydrogens is 376 g/mol. The van der Waals surface area contributed by atoms with Crippen molar-refractivity contribution in [3.05, 3.63) is 54.1 Å². The minimum Gasteiger partial charge on any atom is -0.491 e. The molecule has 0 heterocycles. The van der Waals surface area contributed by atoms with Gasteiger partial charge in [0, 0.05) is 7.11 Å². The first-order chi connectivity index (χ1) is 13.5. The van der Waals surface area contributed by atoms with Gasteiger partial charge in [-0.2, -0.15) is 0 Å². The van der Waals surface area contributed by atoms with Crippen LogP contribution in [0.4, 0.5) is 5.69 Å². The maximum absolute atomic E-state index is 12.6. The lowest BCUT2D eigenvalue weighted by molar-refractivity contribution is 0.0970. The first-order valence-corrected chi connectivity index (χ1v) is 9.47. The van der Waals surface area contributed by atoms with Gasteiger partial charge in [0.15, 0.2) is 5.11 Å². The number of carbonyl (C=O) groups excluding carboxylic acids is 1. The molecule has 0 aromatic heterocycles. The van der Waals surface area contributed by atoms with Crippen molar-refractivity contribution in [3.63, 3.8) is 0 Å². The lowest BCUT2D eigenvalue weighted by atomic mass is 10.2. The maximum Gasteiger partial charge on any atom is 0.261 e. The van der Waals surface area contributed by atoms with E-state index in [1.54, 1.807) is 31.4 Å². The number of thiocarbonyl (C=S) groups is 1. The average Bonchev–Trinajstić information content (AvgIpc) is 2.67. The Balaban J connectivity index is 2.01. The second kappa shape index (κ2) is 11.3. The van der Waals surface area contributed by atoms with Gasteiger partial charge in [-0.1, -0.05) is 38.1 Å². The topological polar surface area (TPSA) is 68.8 Å². The number of para-hydroxylation sites is 3. The Morgan fingerprint density at radius 1 is 1.00 bits per heavy atom. The molecule has 6 nitrogen and oxygen atoms in total. The third kappa shape index (κ3) is 6.83. The van der Waals surface area contributed by atoms with Crippen molar-refractivity contribution >= 4 is 28.9 Å². The van der Waals surface area contributed by atoms with Crippen molar-refractivity contribution in [1.29, 1.82) is 0 Å². The van der Waals surface area contributed by atoms with Crippen LogP contribution in [0.3, 0.4) is 0 Å². The van der Waals surface area contributed by atoms with E-state index in [-0.39, 0.29) is 11.0 Å². The Kier molecular flexibility index (Phi) is 8.71. The number of methoxy groups -OCH3 is 1. The van der Waals surface area contributed by atoms with E-state index < -0.39 is 0 Å². The van der Waals surface area contributed by atoms with Gasteiger partial charge < -0.3 is 19.5 Å². The zero-order valence-electron chi connectivity index (χ0n) is 16.4. The van der Waals surface area contributed by atoms with Gasteiger partial charge >= 0.3 is 0 Å². The molecule has 0 aliphatic heterocycles. The van der Waals surface area contributed by atoms with Crippen molar-refractivity contribution < 1.29 is 19.0 Å². The molecule has 0 fully saturated rings. The van der Waals surface area contributed by atoms with Crippen LogP contribution in [0.25, 0.3) is 0 Å². The number of anilines is 1. The second-order valence-electron chi connectivity index (χ2n) is 6.45. The van der Waals surface area contributed by atoms with Gasteiger partial charge in [-0.25, -0.2) is 0 Å². The summed E-state index contributed by atoms with van der Waals surface area (Å²) in [6.45, 7) is 5.53. The normalized spacial score (nSPS) is 10.4. The van der Waals surface area contributed by atoms with E-state index in [9.17, 15) is 4.79 Å². The fraction of sp³-hybridized carbons (Fsp3) is 0.333. The van der Waals surface area contributed by atoms with E-state index >= 15 is 0 Å². The number of nitrogens with one attached hydrogen (secondary N) is 2. The molecule has 0 radical (unpaired) electrons. The standard InChI is InChI=1S/C21H26N2O4S/c1-15(2)14-27-19-11-7-5-9-17(19)22-21(28)23-20(24)16-8-4-6-10-18(16)26-13-12-25-3/h4-11,15H,12-14H2,1-3H3,(H2,22,23,24,28). The van der Waals surface area contributed by atoms with Crippen molar-refractivity contribution in [2.75, 3.05) is 32.2 Å². The Morgan fingerprint density at radius 3 is 2.39 bits per heavy atom. The van der Waals surface area contributed by atoms with Crippen LogP contribution in [0.15, 0.2) is 48.5 Å². The van der Waals surface area contributed by atoms with Gasteiger partial charge in [-0.3, -0.25) is 10.1 Å². The summed E-state index contributed by atoms with van der Waals surface area (Å²) < 4.78 is 16.4. The van der Waals surface area contributed by atoms with E-state index in [2.05, 4.69) is 24.5 Å². The minimum atomic E-state index is -0.355. The summed E-state index contributed by atoms with van der Waals surface area (Å²) in [7, 11) is 1.59. The second-order valence-corrected chi connectivity index (χ2v) is 6.85. The number of rotatable bonds is 9. The number of hydrogen-bond donors (Lipinski definition) is 2. The third-order valence-electron chi connectivity index (χ3n) is 3.61. The highest BCUT2D eigenvalue weighted by atomic mass is 32.1. The largest absolute Gasteiger partial charge is 0.491 e. The smallest absolute Gasteiger partial charge is 0.261 e. The van der Waals surface area contributed by atoms with E-state index in [4.69, 9.17) is 26.4 Å². The molecule has 0 aliphatic carbocycles. The van der Waals surface area contributed by atoms with Crippen molar-refractivity contribution in [2.24, 2.45) is 5.92 Å². The molecular formula is C21H26N2O4S. The van der Waals surface area contributed by atoms with Gasteiger partial charge in [-0.15, -0.1) is 0 Å². The summed E-state index contributed by atoms with van der Waals surface area (Å²) in [5.74, 6) is 1.19. The molecule has 0 bridgehead atoms. The fourth-order valence-electron chi connectivity index (χ4n) is 2.29. The summed E-state index contributed by atoms with van der Waals surface area (Å²) in [6.07, 6.45) is 0. The fourth-order valence-corrected chi connectivity index (χ4v) is 2.49. The molecule has 0 spiro atoms. The molecule has 28 heavy (non-hydrogen) atoms. The van der Waals surface area contributed by atoms with Crippen LogP contribution in [0, 0.1) is 5.92 Å². The molecule has 2 aromatic rings. The van der Waals surface area contributed by atoms with Crippen molar-refractivity contribution in [1.82, 2.24) is 5.32 Å². The zero-order valence-corrected chi connectivity index (χ0v) is 17.2. The summed E-state index contributed by atoms with van der Waals surface area (Å²) in [6, 6.07) is 14.4. The van der Waals surface area contributed by atoms with E-state index in [0.29, 0.717) is 48.5 Å². The third-order valence-corrected chi connectivity index (χ3v) is 3.82. The number of hydrogen-bond acceptors (Lipinski definition) is 5. The summed E-state index contributed by atoms with van der Waals surface area (Å²) in [5.41, 5.74) is 1.09. The van der Waals surface area contributed by atoms with E-state index in [1.807, 2.05) is 24.3 Å². The molecule has 0 saturated heterocycles. The van der Waals surface area contributed by atoms with Crippen LogP contribution >= 0.6 is 12.2 Å². The Morgan fingerprint density at radius 2 is 1.68 bits per heavy atom. The molecule has 2 rings (SSSR count). The zero-order chi connectivity index (χ0) is 20.4. The van der Waals surface area contributed by atoms with Gasteiger partial charge in [0.1, 0.15) is 18.1 Å². The van der Waals surface area contributed by atoms with Crippen molar-refractivity contribution in [3.8, 4) is 11.5 Å². The maximum atomic E-state index is 12.6. The van der Waals surface area contributed by atoms with Crippen LogP contribution < -0.4 is 20.1 Å². The number of benzene rings is 2. The van der Waals surface area contributed by atoms with Crippen LogP contribution in [-0.4, -0.2) is 38.0 Å². The highest BCUT2D eigenvalue weighted by Crippen LogP contribution is 2.24. The molecule has 150 valence electrons. The predicted octanol–water partition coefficient (Wildman–Crippen LogP) is 3.87. The SMILES string of the molecule is COCCOc1ccccc1C(=O)NC(=S)Nc1ccccc1OCC(C)C. The number of ether oxygens (including phenoxy) is 3. The molecule has 0 saturated carbocycles. The molecule has 0 unspecified atom stereocenters. The Labute approximate surface area is 171 Å². The quantitative estimate of drug-likeness (QED) is 0.490. The highest BCUT2D eigenvalue weighted by molar-refractivity contribution is 7.80. The minimum absolute atomic E-state index is 0.178.